The van der Waals surface area contributed by atoms with E-state index in [0.29, 0.717) is 12.8 Å². The minimum atomic E-state index is -0.0446. The molecule has 3 radical (unpaired) electrons. The average Bonchev–Trinajstić information content (AvgIpc) is 2.16. The molecule has 0 spiro atoms. The second-order valence-electron chi connectivity index (χ2n) is 3.54. The van der Waals surface area contributed by atoms with Gasteiger partial charge in [-0.25, -0.2) is 0 Å². The third kappa shape index (κ3) is 21.1. The Morgan fingerprint density at radius 3 is 1.00 bits per heavy atom. The van der Waals surface area contributed by atoms with E-state index in [1.807, 2.05) is 0 Å². The lowest BCUT2D eigenvalue weighted by Gasteiger charge is -1.87. The van der Waals surface area contributed by atoms with Crippen LogP contribution in [0.15, 0.2) is 0 Å². The highest BCUT2D eigenvalue weighted by Crippen LogP contribution is 1.88. The molecule has 5 heteroatoms. The van der Waals surface area contributed by atoms with E-state index in [2.05, 4.69) is 0 Å². The number of carbonyl (C=O) groups is 4. The lowest BCUT2D eigenvalue weighted by Crippen LogP contribution is -2.01. The van der Waals surface area contributed by atoms with Crippen LogP contribution in [-0.2, 0) is 19.2 Å². The van der Waals surface area contributed by atoms with E-state index in [9.17, 15) is 19.2 Å². The second kappa shape index (κ2) is 13.3. The molecule has 17 heavy (non-hydrogen) atoms. The molecule has 0 unspecified atom stereocenters. The monoisotopic (exact) mass is 255 g/mol. The van der Waals surface area contributed by atoms with Gasteiger partial charge < -0.3 is 0 Å². The molecular weight excluding hydrogens is 235 g/mol. The molecule has 0 aromatic rings. The summed E-state index contributed by atoms with van der Waals surface area (Å²) >= 11 is 0. The summed E-state index contributed by atoms with van der Waals surface area (Å²) in [4.78, 5) is 41.2. The number of hydrogen-bond donors (Lipinski definition) is 0. The van der Waals surface area contributed by atoms with Crippen LogP contribution in [0.1, 0.15) is 53.4 Å². The van der Waals surface area contributed by atoms with Crippen molar-refractivity contribution in [3.05, 3.63) is 0 Å². The molecule has 0 bridgehead atoms. The summed E-state index contributed by atoms with van der Waals surface area (Å²) in [7, 11) is 0. The van der Waals surface area contributed by atoms with Gasteiger partial charge in [0.2, 0.25) is 0 Å². The predicted octanol–water partition coefficient (Wildman–Crippen LogP) is 1.51. The fourth-order valence-corrected chi connectivity index (χ4v) is 0.805. The van der Waals surface area contributed by atoms with Crippen molar-refractivity contribution in [3.8, 4) is 0 Å². The third-order valence-electron chi connectivity index (χ3n) is 1.68. The number of carbonyl (C=O) groups excluding carboxylic acids is 4. The van der Waals surface area contributed by atoms with Crippen molar-refractivity contribution in [1.82, 2.24) is 0 Å². The van der Waals surface area contributed by atoms with Gasteiger partial charge in [-0.15, -0.1) is 0 Å². The highest BCUT2D eigenvalue weighted by Gasteiger charge is 2.00. The van der Waals surface area contributed by atoms with Crippen molar-refractivity contribution in [2.45, 2.75) is 53.4 Å². The standard InChI is InChI=1S/2C6H10O2.Al/c2*1-3-6(8)4-5(2)7;/h2*3-4H2,1-2H3;. The Bertz CT molecular complexity index is 244. The molecule has 0 atom stereocenters. The summed E-state index contributed by atoms with van der Waals surface area (Å²) in [5, 5.41) is 0. The zero-order valence-electron chi connectivity index (χ0n) is 11.0. The summed E-state index contributed by atoms with van der Waals surface area (Å²) < 4.78 is 0. The molecule has 0 aromatic carbocycles. The van der Waals surface area contributed by atoms with Gasteiger partial charge in [-0.2, -0.15) is 0 Å². The van der Waals surface area contributed by atoms with Crippen LogP contribution in [0.2, 0.25) is 0 Å². The fraction of sp³-hybridized carbons (Fsp3) is 0.667. The Balaban J connectivity index is -0.000000218. The summed E-state index contributed by atoms with van der Waals surface area (Å²) in [6.07, 6.45) is 1.16. The molecule has 0 amide bonds. The fourth-order valence-electron chi connectivity index (χ4n) is 0.805. The number of hydrogen-bond acceptors (Lipinski definition) is 4. The van der Waals surface area contributed by atoms with Gasteiger partial charge in [0.15, 0.2) is 0 Å². The van der Waals surface area contributed by atoms with Crippen LogP contribution in [0.3, 0.4) is 0 Å². The van der Waals surface area contributed by atoms with E-state index in [4.69, 9.17) is 0 Å². The van der Waals surface area contributed by atoms with Gasteiger partial charge in [0, 0.05) is 30.2 Å². The van der Waals surface area contributed by atoms with E-state index in [0.717, 1.165) is 0 Å². The Morgan fingerprint density at radius 2 is 0.941 bits per heavy atom. The summed E-state index contributed by atoms with van der Waals surface area (Å²) in [5.74, 6) is -0.0382. The van der Waals surface area contributed by atoms with Crippen molar-refractivity contribution in [3.63, 3.8) is 0 Å². The molecule has 4 nitrogen and oxygen atoms in total. The van der Waals surface area contributed by atoms with Crippen molar-refractivity contribution in [2.75, 3.05) is 0 Å². The normalized spacial score (nSPS) is 8.24. The van der Waals surface area contributed by atoms with Crippen LogP contribution in [-0.4, -0.2) is 40.5 Å². The molecule has 0 saturated carbocycles. The first-order valence-corrected chi connectivity index (χ1v) is 5.35. The van der Waals surface area contributed by atoms with E-state index in [1.165, 1.54) is 13.8 Å². The summed E-state index contributed by atoms with van der Waals surface area (Å²) in [5.41, 5.74) is 0. The molecular formula is C12H20AlO4. The maximum absolute atomic E-state index is 10.4. The van der Waals surface area contributed by atoms with Crippen LogP contribution in [0.4, 0.5) is 0 Å². The molecule has 0 aliphatic heterocycles. The van der Waals surface area contributed by atoms with Crippen LogP contribution in [0, 0.1) is 0 Å². The molecule has 0 rings (SSSR count). The summed E-state index contributed by atoms with van der Waals surface area (Å²) in [6, 6.07) is 0. The Kier molecular flexibility index (Phi) is 16.8. The Hall–Kier alpha value is -0.788. The lowest BCUT2D eigenvalue weighted by atomic mass is 10.2. The van der Waals surface area contributed by atoms with Gasteiger partial charge >= 0.3 is 0 Å². The lowest BCUT2D eigenvalue weighted by molar-refractivity contribution is -0.127. The SMILES string of the molecule is CCC(=O)CC(C)=O.CCC(=O)CC(C)=O.[Al]. The number of rotatable bonds is 6. The maximum atomic E-state index is 10.4. The van der Waals surface area contributed by atoms with Crippen molar-refractivity contribution < 1.29 is 19.2 Å². The largest absolute Gasteiger partial charge is 0.300 e. The molecule has 0 heterocycles. The minimum absolute atomic E-state index is 0. The maximum Gasteiger partial charge on any atom is 0.139 e. The van der Waals surface area contributed by atoms with E-state index < -0.39 is 0 Å². The molecule has 95 valence electrons. The zero-order chi connectivity index (χ0) is 13.1. The first-order valence-electron chi connectivity index (χ1n) is 5.35. The smallest absolute Gasteiger partial charge is 0.139 e. The first-order chi connectivity index (χ1) is 7.33. The number of Topliss-reactive ketones (excluding diaryl/α,β-unsaturated/α-hetero) is 4. The van der Waals surface area contributed by atoms with Gasteiger partial charge in [-0.05, 0) is 13.8 Å². The third-order valence-corrected chi connectivity index (χ3v) is 1.68. The molecule has 0 aromatic heterocycles. The van der Waals surface area contributed by atoms with Crippen LogP contribution < -0.4 is 0 Å². The van der Waals surface area contributed by atoms with Crippen molar-refractivity contribution >= 4 is 40.5 Å². The molecule has 0 fully saturated rings. The molecule has 0 N–H and O–H groups in total. The van der Waals surface area contributed by atoms with Gasteiger partial charge in [0.05, 0.1) is 12.8 Å². The van der Waals surface area contributed by atoms with Gasteiger partial charge in [-0.1, -0.05) is 13.8 Å². The molecule has 0 aliphatic carbocycles. The van der Waals surface area contributed by atoms with Crippen LogP contribution in [0.25, 0.3) is 0 Å². The Morgan fingerprint density at radius 1 is 0.706 bits per heavy atom. The Labute approximate surface area is 113 Å². The van der Waals surface area contributed by atoms with Crippen molar-refractivity contribution in [2.24, 2.45) is 0 Å². The minimum Gasteiger partial charge on any atom is -0.300 e. The van der Waals surface area contributed by atoms with E-state index in [-0.39, 0.29) is 53.3 Å². The highest BCUT2D eigenvalue weighted by atomic mass is 27.0. The second-order valence-corrected chi connectivity index (χ2v) is 3.54. The molecule has 0 aliphatic rings. The van der Waals surface area contributed by atoms with Crippen LogP contribution in [0.5, 0.6) is 0 Å². The quantitative estimate of drug-likeness (QED) is 0.533. The zero-order valence-corrected chi connectivity index (χ0v) is 12.2. The highest BCUT2D eigenvalue weighted by molar-refractivity contribution is 5.98. The van der Waals surface area contributed by atoms with Gasteiger partial charge in [0.1, 0.15) is 23.1 Å². The average molecular weight is 255 g/mol. The van der Waals surface area contributed by atoms with Gasteiger partial charge in [0.25, 0.3) is 0 Å². The molecule has 0 saturated heterocycles. The van der Waals surface area contributed by atoms with E-state index >= 15 is 0 Å². The summed E-state index contributed by atoms with van der Waals surface area (Å²) in [6.45, 7) is 6.36. The van der Waals surface area contributed by atoms with Gasteiger partial charge in [-0.3, -0.25) is 19.2 Å². The van der Waals surface area contributed by atoms with Crippen molar-refractivity contribution in [1.29, 1.82) is 0 Å². The van der Waals surface area contributed by atoms with Crippen LogP contribution >= 0.6 is 0 Å². The topological polar surface area (TPSA) is 68.3 Å². The number of ketones is 4. The first kappa shape index (κ1) is 21.5. The van der Waals surface area contributed by atoms with E-state index in [1.54, 1.807) is 13.8 Å². The predicted molar refractivity (Wildman–Crippen MR) is 66.9 cm³/mol.